The summed E-state index contributed by atoms with van der Waals surface area (Å²) < 4.78 is 0. The van der Waals surface area contributed by atoms with Gasteiger partial charge in [-0.15, -0.1) is 0 Å². The molecule has 0 heteroatoms. The van der Waals surface area contributed by atoms with Crippen molar-refractivity contribution in [3.63, 3.8) is 0 Å². The fourth-order valence-corrected chi connectivity index (χ4v) is 4.32. The van der Waals surface area contributed by atoms with Crippen LogP contribution in [0, 0.1) is 0 Å². The van der Waals surface area contributed by atoms with E-state index in [0.717, 1.165) is 0 Å². The van der Waals surface area contributed by atoms with Crippen LogP contribution in [0.4, 0.5) is 0 Å². The van der Waals surface area contributed by atoms with Gasteiger partial charge in [-0.05, 0) is 54.9 Å². The van der Waals surface area contributed by atoms with E-state index in [1.54, 1.807) is 0 Å². The average Bonchev–Trinajstić information content (AvgIpc) is 2.78. The lowest BCUT2D eigenvalue weighted by atomic mass is 10.0. The van der Waals surface area contributed by atoms with Crippen LogP contribution in [0.5, 0.6) is 0 Å². The van der Waals surface area contributed by atoms with Gasteiger partial charge < -0.3 is 0 Å². The van der Waals surface area contributed by atoms with Gasteiger partial charge in [-0.2, -0.15) is 0 Å². The first kappa shape index (κ1) is 24.7. The van der Waals surface area contributed by atoms with E-state index >= 15 is 0 Å². The van der Waals surface area contributed by atoms with E-state index in [4.69, 9.17) is 0 Å². The number of benzene rings is 2. The molecule has 0 unspecified atom stereocenters. The number of unbranched alkanes of at least 4 members (excludes halogenated alkanes) is 14. The molecule has 0 N–H and O–H groups in total. The van der Waals surface area contributed by atoms with Crippen molar-refractivity contribution in [3.8, 4) is 0 Å². The van der Waals surface area contributed by atoms with Gasteiger partial charge in [0, 0.05) is 0 Å². The van der Waals surface area contributed by atoms with Gasteiger partial charge in [-0.3, -0.25) is 0 Å². The summed E-state index contributed by atoms with van der Waals surface area (Å²) in [5, 5.41) is 2.72. The maximum atomic E-state index is 2.42. The number of hydrogen-bond acceptors (Lipinski definition) is 0. The van der Waals surface area contributed by atoms with Crippen LogP contribution in [-0.2, 0) is 6.42 Å². The highest BCUT2D eigenvalue weighted by molar-refractivity contribution is 5.82. The Hall–Kier alpha value is -1.56. The van der Waals surface area contributed by atoms with Crippen LogP contribution >= 0.6 is 0 Å². The minimum atomic E-state index is 1.21. The van der Waals surface area contributed by atoms with Crippen molar-refractivity contribution in [2.24, 2.45) is 0 Å². The molecule has 2 aromatic carbocycles. The lowest BCUT2D eigenvalue weighted by Crippen LogP contribution is -1.85. The zero-order valence-electron chi connectivity index (χ0n) is 19.7. The third-order valence-electron chi connectivity index (χ3n) is 6.29. The zero-order chi connectivity index (χ0) is 21.1. The van der Waals surface area contributed by atoms with Crippen LogP contribution in [0.3, 0.4) is 0 Å². The lowest BCUT2D eigenvalue weighted by molar-refractivity contribution is 0.545. The lowest BCUT2D eigenvalue weighted by Gasteiger charge is -2.03. The Kier molecular flexibility index (Phi) is 14.1. The molecule has 2 aromatic rings. The topological polar surface area (TPSA) is 0 Å². The van der Waals surface area contributed by atoms with Gasteiger partial charge in [-0.25, -0.2) is 0 Å². The Morgan fingerprint density at radius 1 is 0.533 bits per heavy atom. The minimum Gasteiger partial charge on any atom is -0.0885 e. The molecule has 0 amide bonds. The third-order valence-corrected chi connectivity index (χ3v) is 6.29. The molecule has 0 aliphatic rings. The molecule has 0 saturated heterocycles. The molecule has 166 valence electrons. The van der Waals surface area contributed by atoms with Gasteiger partial charge >= 0.3 is 0 Å². The molecule has 0 radical (unpaired) electrons. The van der Waals surface area contributed by atoms with Gasteiger partial charge in [0.1, 0.15) is 0 Å². The normalized spacial score (nSPS) is 11.6. The summed E-state index contributed by atoms with van der Waals surface area (Å²) in [5.41, 5.74) is 1.48. The Morgan fingerprint density at radius 2 is 1.07 bits per heavy atom. The van der Waals surface area contributed by atoms with Crippen LogP contribution in [0.1, 0.15) is 115 Å². The summed E-state index contributed by atoms with van der Waals surface area (Å²) >= 11 is 0. The second kappa shape index (κ2) is 17.2. The molecule has 0 atom stereocenters. The van der Waals surface area contributed by atoms with Crippen LogP contribution in [0.25, 0.3) is 10.8 Å². The molecule has 0 nitrogen and oxygen atoms in total. The molecular weight excluding hydrogens is 360 g/mol. The fraction of sp³-hybridized carbons (Fsp3) is 0.600. The molecule has 0 fully saturated rings. The number of hydrogen-bond donors (Lipinski definition) is 0. The third kappa shape index (κ3) is 11.6. The largest absolute Gasteiger partial charge is 0.0885 e. The van der Waals surface area contributed by atoms with Crippen LogP contribution < -0.4 is 0 Å². The predicted octanol–water partition coefficient (Wildman–Crippen LogP) is 10.2. The van der Waals surface area contributed by atoms with E-state index in [9.17, 15) is 0 Å². The quantitative estimate of drug-likeness (QED) is 0.170. The van der Waals surface area contributed by atoms with Gasteiger partial charge in [0.2, 0.25) is 0 Å². The van der Waals surface area contributed by atoms with Gasteiger partial charge in [-0.1, -0.05) is 132 Å². The molecule has 0 bridgehead atoms. The molecule has 30 heavy (non-hydrogen) atoms. The first-order valence-corrected chi connectivity index (χ1v) is 13.0. The Balaban J connectivity index is 1.35. The number of aryl methyl sites for hydroxylation is 1. The molecule has 0 aliphatic carbocycles. The van der Waals surface area contributed by atoms with Crippen LogP contribution in [-0.4, -0.2) is 0 Å². The number of rotatable bonds is 18. The maximum Gasteiger partial charge on any atom is -0.0181 e. The van der Waals surface area contributed by atoms with Gasteiger partial charge in [0.05, 0.1) is 0 Å². The highest BCUT2D eigenvalue weighted by Gasteiger charge is 1.97. The predicted molar refractivity (Wildman–Crippen MR) is 136 cm³/mol. The monoisotopic (exact) mass is 406 g/mol. The smallest absolute Gasteiger partial charge is 0.0181 e. The van der Waals surface area contributed by atoms with Crippen molar-refractivity contribution in [1.29, 1.82) is 0 Å². The first-order valence-electron chi connectivity index (χ1n) is 13.0. The van der Waals surface area contributed by atoms with Crippen molar-refractivity contribution < 1.29 is 0 Å². The first-order chi connectivity index (χ1) is 14.9. The highest BCUT2D eigenvalue weighted by atomic mass is 14.0. The molecule has 0 aliphatic heterocycles. The van der Waals surface area contributed by atoms with E-state index in [1.807, 2.05) is 0 Å². The Morgan fingerprint density at radius 3 is 1.70 bits per heavy atom. The number of allylic oxidation sites excluding steroid dienone is 2. The summed E-state index contributed by atoms with van der Waals surface area (Å²) in [7, 11) is 0. The van der Waals surface area contributed by atoms with Crippen molar-refractivity contribution in [1.82, 2.24) is 0 Å². The number of fused-ring (bicyclic) bond motifs is 1. The van der Waals surface area contributed by atoms with E-state index in [2.05, 4.69) is 61.5 Å². The maximum absolute atomic E-state index is 2.42. The van der Waals surface area contributed by atoms with Crippen LogP contribution in [0.15, 0.2) is 54.6 Å². The van der Waals surface area contributed by atoms with Gasteiger partial charge in [0.25, 0.3) is 0 Å². The second-order valence-corrected chi connectivity index (χ2v) is 9.08. The second-order valence-electron chi connectivity index (χ2n) is 9.08. The summed E-state index contributed by atoms with van der Waals surface area (Å²) in [5.74, 6) is 0. The Labute approximate surface area is 187 Å². The fourth-order valence-electron chi connectivity index (χ4n) is 4.32. The summed E-state index contributed by atoms with van der Waals surface area (Å²) in [6.07, 6.45) is 28.4. The van der Waals surface area contributed by atoms with Crippen molar-refractivity contribution in [3.05, 3.63) is 60.2 Å². The SMILES string of the molecule is CCCCCCCCCCCCCC/C=C/CCCCc1ccc2ccccc2c1. The minimum absolute atomic E-state index is 1.21. The molecule has 0 aromatic heterocycles. The van der Waals surface area contributed by atoms with E-state index < -0.39 is 0 Å². The van der Waals surface area contributed by atoms with Crippen molar-refractivity contribution in [2.45, 2.75) is 116 Å². The zero-order valence-corrected chi connectivity index (χ0v) is 19.7. The van der Waals surface area contributed by atoms with Crippen molar-refractivity contribution >= 4 is 10.8 Å². The van der Waals surface area contributed by atoms with E-state index in [-0.39, 0.29) is 0 Å². The van der Waals surface area contributed by atoms with E-state index in [1.165, 1.54) is 125 Å². The molecule has 2 rings (SSSR count). The molecule has 0 heterocycles. The average molecular weight is 407 g/mol. The van der Waals surface area contributed by atoms with Crippen molar-refractivity contribution in [2.75, 3.05) is 0 Å². The molecular formula is C30H46. The molecule has 0 saturated carbocycles. The van der Waals surface area contributed by atoms with Crippen LogP contribution in [0.2, 0.25) is 0 Å². The van der Waals surface area contributed by atoms with E-state index in [0.29, 0.717) is 0 Å². The summed E-state index contributed by atoms with van der Waals surface area (Å²) in [6.45, 7) is 2.30. The Bertz CT molecular complexity index is 681. The molecule has 0 spiro atoms. The highest BCUT2D eigenvalue weighted by Crippen LogP contribution is 2.17. The summed E-state index contributed by atoms with van der Waals surface area (Å²) in [6, 6.07) is 15.6. The standard InChI is InChI=1S/C30H46/c1-2-3-4-5-6-7-8-9-10-11-12-13-14-15-16-17-18-19-22-28-25-26-29-23-20-21-24-30(29)27-28/h15-16,20-21,23-27H,2-14,17-19,22H2,1H3/b16-15+. The van der Waals surface area contributed by atoms with Gasteiger partial charge in [0.15, 0.2) is 0 Å². The summed E-state index contributed by atoms with van der Waals surface area (Å²) in [4.78, 5) is 0.